The fraction of sp³-hybridized carbons (Fsp3) is 0.320. The fourth-order valence-corrected chi connectivity index (χ4v) is 4.38. The monoisotopic (exact) mass is 495 g/mol. The van der Waals surface area contributed by atoms with Crippen molar-refractivity contribution in [2.45, 2.75) is 54.1 Å². The van der Waals surface area contributed by atoms with Crippen LogP contribution in [-0.4, -0.2) is 24.5 Å². The summed E-state index contributed by atoms with van der Waals surface area (Å²) in [7, 11) is 0. The molecule has 0 aliphatic rings. The summed E-state index contributed by atoms with van der Waals surface area (Å²) < 4.78 is 7.52. The molecule has 0 radical (unpaired) electrons. The van der Waals surface area contributed by atoms with E-state index in [1.165, 1.54) is 0 Å². The summed E-state index contributed by atoms with van der Waals surface area (Å²) in [5.74, 6) is 1.45. The molecule has 4 rings (SSSR count). The average molecular weight is 496 g/mol. The number of hydrogen-bond acceptors (Lipinski definition) is 7. The van der Waals surface area contributed by atoms with Gasteiger partial charge in [0.25, 0.3) is 5.56 Å². The Morgan fingerprint density at radius 3 is 2.53 bits per heavy atom. The van der Waals surface area contributed by atoms with Crippen molar-refractivity contribution in [3.63, 3.8) is 0 Å². The molecule has 4 aromatic heterocycles. The smallest absolute Gasteiger partial charge is 0.261 e. The van der Waals surface area contributed by atoms with Gasteiger partial charge in [-0.3, -0.25) is 14.3 Å². The number of aryl methyl sites for hydroxylation is 3. The molecule has 0 fully saturated rings. The van der Waals surface area contributed by atoms with E-state index in [9.17, 15) is 4.79 Å². The van der Waals surface area contributed by atoms with Crippen LogP contribution in [0.3, 0.4) is 0 Å². The van der Waals surface area contributed by atoms with E-state index in [-0.39, 0.29) is 11.5 Å². The molecule has 176 valence electrons. The van der Waals surface area contributed by atoms with Crippen molar-refractivity contribution in [1.29, 1.82) is 0 Å². The number of aromatic nitrogens is 5. The van der Waals surface area contributed by atoms with Gasteiger partial charge in [-0.05, 0) is 39.3 Å². The lowest BCUT2D eigenvalue weighted by Gasteiger charge is -2.17. The molecule has 9 heteroatoms. The topological polar surface area (TPSA) is 82.8 Å². The van der Waals surface area contributed by atoms with Gasteiger partial charge in [-0.25, -0.2) is 15.0 Å². The maximum absolute atomic E-state index is 13.4. The van der Waals surface area contributed by atoms with Crippen molar-refractivity contribution in [3.8, 4) is 22.8 Å². The van der Waals surface area contributed by atoms with Gasteiger partial charge < -0.3 is 4.74 Å². The van der Waals surface area contributed by atoms with Gasteiger partial charge in [0.2, 0.25) is 0 Å². The van der Waals surface area contributed by atoms with E-state index in [2.05, 4.69) is 15.0 Å². The van der Waals surface area contributed by atoms with E-state index in [4.69, 9.17) is 21.3 Å². The van der Waals surface area contributed by atoms with E-state index in [1.54, 1.807) is 41.3 Å². The fourth-order valence-electron chi connectivity index (χ4n) is 3.59. The van der Waals surface area contributed by atoms with Gasteiger partial charge in [-0.15, -0.1) is 11.3 Å². The third-order valence-corrected chi connectivity index (χ3v) is 6.57. The maximum atomic E-state index is 13.4. The molecule has 4 heterocycles. The first-order chi connectivity index (χ1) is 16.2. The summed E-state index contributed by atoms with van der Waals surface area (Å²) in [6.45, 7) is 11.9. The minimum Gasteiger partial charge on any atom is -0.487 e. The number of halogens is 1. The van der Waals surface area contributed by atoms with E-state index >= 15 is 0 Å². The molecule has 4 aromatic rings. The van der Waals surface area contributed by atoms with E-state index < -0.39 is 0 Å². The van der Waals surface area contributed by atoms with Crippen LogP contribution < -0.4 is 10.3 Å². The number of nitrogens with zero attached hydrogens (tertiary/aromatic N) is 5. The summed E-state index contributed by atoms with van der Waals surface area (Å²) in [4.78, 5) is 31.4. The highest BCUT2D eigenvalue weighted by molar-refractivity contribution is 7.09. The van der Waals surface area contributed by atoms with Crippen molar-refractivity contribution >= 4 is 22.9 Å². The summed E-state index contributed by atoms with van der Waals surface area (Å²) in [6.07, 6.45) is 3.35. The first kappa shape index (κ1) is 24.0. The Balaban J connectivity index is 1.76. The molecule has 0 bridgehead atoms. The summed E-state index contributed by atoms with van der Waals surface area (Å²) in [6, 6.07) is 3.65. The van der Waals surface area contributed by atoms with E-state index in [0.29, 0.717) is 40.0 Å². The molecule has 0 saturated carbocycles. The zero-order chi connectivity index (χ0) is 24.6. The molecule has 0 saturated heterocycles. The van der Waals surface area contributed by atoms with Crippen molar-refractivity contribution in [1.82, 2.24) is 24.5 Å². The number of thiazole rings is 1. The third kappa shape index (κ3) is 4.74. The lowest BCUT2D eigenvalue weighted by atomic mass is 10.1. The van der Waals surface area contributed by atoms with Gasteiger partial charge >= 0.3 is 0 Å². The second kappa shape index (κ2) is 9.64. The van der Waals surface area contributed by atoms with Crippen LogP contribution in [0.1, 0.15) is 53.1 Å². The molecule has 0 spiro atoms. The van der Waals surface area contributed by atoms with Crippen LogP contribution in [0, 0.1) is 27.7 Å². The first-order valence-electron chi connectivity index (χ1n) is 10.9. The molecule has 7 nitrogen and oxygen atoms in total. The Hall–Kier alpha value is -3.10. The zero-order valence-electron chi connectivity index (χ0n) is 20.0. The van der Waals surface area contributed by atoms with E-state index in [1.807, 2.05) is 46.1 Å². The molecule has 0 aliphatic heterocycles. The van der Waals surface area contributed by atoms with Crippen LogP contribution in [0.15, 0.2) is 34.7 Å². The summed E-state index contributed by atoms with van der Waals surface area (Å²) in [5, 5.41) is 3.30. The molecule has 0 N–H and O–H groups in total. The van der Waals surface area contributed by atoms with Crippen molar-refractivity contribution in [2.75, 3.05) is 0 Å². The largest absolute Gasteiger partial charge is 0.487 e. The number of rotatable bonds is 6. The van der Waals surface area contributed by atoms with Crippen LogP contribution >= 0.6 is 22.9 Å². The molecule has 34 heavy (non-hydrogen) atoms. The second-order valence-electron chi connectivity index (χ2n) is 8.50. The van der Waals surface area contributed by atoms with Crippen LogP contribution in [0.2, 0.25) is 5.02 Å². The minimum atomic E-state index is -0.203. The lowest BCUT2D eigenvalue weighted by Crippen LogP contribution is -2.24. The van der Waals surface area contributed by atoms with Crippen molar-refractivity contribution in [2.24, 2.45) is 0 Å². The lowest BCUT2D eigenvalue weighted by molar-refractivity contribution is 0.298. The summed E-state index contributed by atoms with van der Waals surface area (Å²) >= 11 is 8.09. The molecule has 0 aromatic carbocycles. The quantitative estimate of drug-likeness (QED) is 0.339. The van der Waals surface area contributed by atoms with Crippen molar-refractivity contribution < 1.29 is 4.74 Å². The van der Waals surface area contributed by atoms with Gasteiger partial charge in [0.1, 0.15) is 18.2 Å². The van der Waals surface area contributed by atoms with Crippen LogP contribution in [-0.2, 0) is 6.61 Å². The predicted molar refractivity (Wildman–Crippen MR) is 135 cm³/mol. The third-order valence-electron chi connectivity index (χ3n) is 5.45. The molecule has 0 amide bonds. The molecule has 0 unspecified atom stereocenters. The maximum Gasteiger partial charge on any atom is 0.261 e. The van der Waals surface area contributed by atoms with Crippen LogP contribution in [0.5, 0.6) is 5.75 Å². The van der Waals surface area contributed by atoms with Gasteiger partial charge in [0, 0.05) is 35.5 Å². The second-order valence-corrected chi connectivity index (χ2v) is 9.97. The minimum absolute atomic E-state index is 0.180. The highest BCUT2D eigenvalue weighted by Gasteiger charge is 2.18. The Morgan fingerprint density at radius 2 is 1.85 bits per heavy atom. The van der Waals surface area contributed by atoms with Crippen LogP contribution in [0.25, 0.3) is 17.1 Å². The van der Waals surface area contributed by atoms with Crippen LogP contribution in [0.4, 0.5) is 0 Å². The number of pyridine rings is 2. The standard InChI is InChI=1S/C25H26ClN5O2S/c1-13(2)24-28-9-14(3)23(30-24)20-8-21(19(26)10-27-20)31-15(4)7-22(16(5)25(31)32)33-11-18-12-34-17(6)29-18/h7-10,12-13H,11H2,1-6H3. The Morgan fingerprint density at radius 1 is 1.09 bits per heavy atom. The normalized spacial score (nSPS) is 11.3. The molecule has 0 atom stereocenters. The van der Waals surface area contributed by atoms with E-state index in [0.717, 1.165) is 27.8 Å². The highest BCUT2D eigenvalue weighted by atomic mass is 35.5. The van der Waals surface area contributed by atoms with Gasteiger partial charge in [-0.1, -0.05) is 25.4 Å². The average Bonchev–Trinajstić information content (AvgIpc) is 3.22. The number of hydrogen-bond donors (Lipinski definition) is 0. The molecular formula is C25H26ClN5O2S. The molecular weight excluding hydrogens is 470 g/mol. The Bertz CT molecular complexity index is 1430. The molecule has 0 aliphatic carbocycles. The SMILES string of the molecule is Cc1nc(COc2cc(C)n(-c3cc(-c4nc(C(C)C)ncc4C)ncc3Cl)c(=O)c2C)cs1. The van der Waals surface area contributed by atoms with Crippen molar-refractivity contribution in [3.05, 3.63) is 78.6 Å². The zero-order valence-corrected chi connectivity index (χ0v) is 21.6. The summed E-state index contributed by atoms with van der Waals surface area (Å²) in [5.41, 5.74) is 4.61. The number of ether oxygens (including phenoxy) is 1. The van der Waals surface area contributed by atoms with Gasteiger partial charge in [0.15, 0.2) is 0 Å². The van der Waals surface area contributed by atoms with Gasteiger partial charge in [0.05, 0.1) is 38.4 Å². The first-order valence-corrected chi connectivity index (χ1v) is 12.2. The predicted octanol–water partition coefficient (Wildman–Crippen LogP) is 5.74. The van der Waals surface area contributed by atoms with Gasteiger partial charge in [-0.2, -0.15) is 0 Å². The highest BCUT2D eigenvalue weighted by Crippen LogP contribution is 2.28. The Kier molecular flexibility index (Phi) is 6.81. The Labute approximate surface area is 207 Å².